The van der Waals surface area contributed by atoms with Crippen molar-refractivity contribution in [1.29, 1.82) is 0 Å². The first-order valence-corrected chi connectivity index (χ1v) is 7.91. The SMILES string of the molecule is O=C(NCN1CCC(c2ccccc2)C1)c1ccc(Cl)cc1. The van der Waals surface area contributed by atoms with Crippen molar-refractivity contribution in [2.75, 3.05) is 19.8 Å². The van der Waals surface area contributed by atoms with Crippen LogP contribution in [-0.2, 0) is 0 Å². The Morgan fingerprint density at radius 1 is 1.14 bits per heavy atom. The molecule has 0 spiro atoms. The maximum absolute atomic E-state index is 12.1. The molecule has 2 aromatic rings. The summed E-state index contributed by atoms with van der Waals surface area (Å²) in [6.07, 6.45) is 1.14. The van der Waals surface area contributed by atoms with Gasteiger partial charge < -0.3 is 5.32 Å². The zero-order valence-corrected chi connectivity index (χ0v) is 13.1. The maximum Gasteiger partial charge on any atom is 0.252 e. The van der Waals surface area contributed by atoms with E-state index in [0.29, 0.717) is 23.2 Å². The monoisotopic (exact) mass is 314 g/mol. The second kappa shape index (κ2) is 6.95. The van der Waals surface area contributed by atoms with Crippen molar-refractivity contribution in [1.82, 2.24) is 10.2 Å². The fourth-order valence-electron chi connectivity index (χ4n) is 2.86. The fourth-order valence-corrected chi connectivity index (χ4v) is 2.99. The number of rotatable bonds is 4. The summed E-state index contributed by atoms with van der Waals surface area (Å²) >= 11 is 5.83. The Bertz CT molecular complexity index is 627. The summed E-state index contributed by atoms with van der Waals surface area (Å²) in [5, 5.41) is 3.62. The number of halogens is 1. The number of hydrogen-bond acceptors (Lipinski definition) is 2. The van der Waals surface area contributed by atoms with Gasteiger partial charge in [-0.1, -0.05) is 41.9 Å². The molecule has 0 bridgehead atoms. The van der Waals surface area contributed by atoms with Gasteiger partial charge in [-0.15, -0.1) is 0 Å². The molecule has 114 valence electrons. The van der Waals surface area contributed by atoms with Crippen LogP contribution >= 0.6 is 11.6 Å². The van der Waals surface area contributed by atoms with E-state index >= 15 is 0 Å². The zero-order valence-electron chi connectivity index (χ0n) is 12.3. The molecule has 22 heavy (non-hydrogen) atoms. The highest BCUT2D eigenvalue weighted by Gasteiger charge is 2.23. The normalized spacial score (nSPS) is 18.3. The number of likely N-dealkylation sites (tertiary alicyclic amines) is 1. The molecular formula is C18H19ClN2O. The van der Waals surface area contributed by atoms with Crippen molar-refractivity contribution in [2.45, 2.75) is 12.3 Å². The smallest absolute Gasteiger partial charge is 0.252 e. The molecule has 1 aliphatic rings. The Morgan fingerprint density at radius 2 is 1.86 bits per heavy atom. The van der Waals surface area contributed by atoms with Crippen LogP contribution in [0.3, 0.4) is 0 Å². The minimum Gasteiger partial charge on any atom is -0.339 e. The molecular weight excluding hydrogens is 296 g/mol. The first-order valence-electron chi connectivity index (χ1n) is 7.53. The van der Waals surface area contributed by atoms with Gasteiger partial charge in [0.05, 0.1) is 6.67 Å². The number of amides is 1. The third-order valence-electron chi connectivity index (χ3n) is 4.11. The third kappa shape index (κ3) is 3.67. The maximum atomic E-state index is 12.1. The number of carbonyl (C=O) groups is 1. The van der Waals surface area contributed by atoms with Gasteiger partial charge in [-0.05, 0) is 42.2 Å². The van der Waals surface area contributed by atoms with Gasteiger partial charge >= 0.3 is 0 Å². The minimum absolute atomic E-state index is 0.0557. The highest BCUT2D eigenvalue weighted by Crippen LogP contribution is 2.26. The molecule has 1 amide bonds. The number of carbonyl (C=O) groups excluding carboxylic acids is 1. The largest absolute Gasteiger partial charge is 0.339 e. The Balaban J connectivity index is 1.50. The molecule has 1 heterocycles. The summed E-state index contributed by atoms with van der Waals surface area (Å²) in [6.45, 7) is 2.59. The van der Waals surface area contributed by atoms with Crippen molar-refractivity contribution >= 4 is 17.5 Å². The number of nitrogens with zero attached hydrogens (tertiary/aromatic N) is 1. The molecule has 0 saturated carbocycles. The number of benzene rings is 2. The molecule has 1 N–H and O–H groups in total. The summed E-state index contributed by atoms with van der Waals surface area (Å²) in [4.78, 5) is 14.4. The van der Waals surface area contributed by atoms with E-state index in [0.717, 1.165) is 19.5 Å². The quantitative estimate of drug-likeness (QED) is 0.936. The lowest BCUT2D eigenvalue weighted by Gasteiger charge is -2.17. The number of hydrogen-bond donors (Lipinski definition) is 1. The van der Waals surface area contributed by atoms with Crippen LogP contribution in [0.5, 0.6) is 0 Å². The van der Waals surface area contributed by atoms with E-state index < -0.39 is 0 Å². The van der Waals surface area contributed by atoms with Gasteiger partial charge in [0.25, 0.3) is 5.91 Å². The van der Waals surface area contributed by atoms with E-state index in [4.69, 9.17) is 11.6 Å². The predicted octanol–water partition coefficient (Wildman–Crippen LogP) is 3.52. The van der Waals surface area contributed by atoms with Crippen molar-refractivity contribution in [2.24, 2.45) is 0 Å². The van der Waals surface area contributed by atoms with Gasteiger partial charge in [0.1, 0.15) is 0 Å². The van der Waals surface area contributed by atoms with Crippen LogP contribution in [0.1, 0.15) is 28.3 Å². The standard InChI is InChI=1S/C18H19ClN2O/c19-17-8-6-15(7-9-17)18(22)20-13-21-11-10-16(12-21)14-4-2-1-3-5-14/h1-9,16H,10-13H2,(H,20,22). The number of nitrogens with one attached hydrogen (secondary N) is 1. The van der Waals surface area contributed by atoms with E-state index in [1.54, 1.807) is 24.3 Å². The van der Waals surface area contributed by atoms with Crippen LogP contribution in [0, 0.1) is 0 Å². The van der Waals surface area contributed by atoms with Gasteiger partial charge in [0, 0.05) is 23.7 Å². The first kappa shape index (κ1) is 15.1. The molecule has 3 nitrogen and oxygen atoms in total. The molecule has 1 saturated heterocycles. The Labute approximate surface area is 135 Å². The highest BCUT2D eigenvalue weighted by molar-refractivity contribution is 6.30. The summed E-state index contributed by atoms with van der Waals surface area (Å²) in [5.41, 5.74) is 2.03. The Hall–Kier alpha value is -1.84. The summed E-state index contributed by atoms with van der Waals surface area (Å²) in [6, 6.07) is 17.5. The second-order valence-electron chi connectivity index (χ2n) is 5.64. The van der Waals surface area contributed by atoms with E-state index in [9.17, 15) is 4.79 Å². The van der Waals surface area contributed by atoms with E-state index in [2.05, 4.69) is 34.5 Å². The summed E-state index contributed by atoms with van der Waals surface area (Å²) in [7, 11) is 0. The average molecular weight is 315 g/mol. The first-order chi connectivity index (χ1) is 10.7. The van der Waals surface area contributed by atoms with Crippen LogP contribution in [0.25, 0.3) is 0 Å². The van der Waals surface area contributed by atoms with E-state index in [-0.39, 0.29) is 5.91 Å². The van der Waals surface area contributed by atoms with Gasteiger partial charge in [0.15, 0.2) is 0 Å². The molecule has 2 aromatic carbocycles. The zero-order chi connectivity index (χ0) is 15.4. The minimum atomic E-state index is -0.0557. The van der Waals surface area contributed by atoms with Gasteiger partial charge in [-0.25, -0.2) is 0 Å². The Kier molecular flexibility index (Phi) is 4.76. The molecule has 4 heteroatoms. The van der Waals surface area contributed by atoms with Crippen LogP contribution in [0.2, 0.25) is 5.02 Å². The molecule has 1 fully saturated rings. The average Bonchev–Trinajstić information content (AvgIpc) is 3.03. The fraction of sp³-hybridized carbons (Fsp3) is 0.278. The van der Waals surface area contributed by atoms with Crippen molar-refractivity contribution in [3.8, 4) is 0 Å². The van der Waals surface area contributed by atoms with Gasteiger partial charge in [0.2, 0.25) is 0 Å². The second-order valence-corrected chi connectivity index (χ2v) is 6.08. The summed E-state index contributed by atoms with van der Waals surface area (Å²) in [5.74, 6) is 0.508. The topological polar surface area (TPSA) is 32.3 Å². The van der Waals surface area contributed by atoms with E-state index in [1.165, 1.54) is 5.56 Å². The van der Waals surface area contributed by atoms with Gasteiger partial charge in [-0.3, -0.25) is 9.69 Å². The van der Waals surface area contributed by atoms with Crippen molar-refractivity contribution in [3.63, 3.8) is 0 Å². The molecule has 0 aromatic heterocycles. The van der Waals surface area contributed by atoms with Crippen LogP contribution in [0.15, 0.2) is 54.6 Å². The van der Waals surface area contributed by atoms with Crippen LogP contribution in [-0.4, -0.2) is 30.6 Å². The van der Waals surface area contributed by atoms with Crippen LogP contribution < -0.4 is 5.32 Å². The molecule has 0 aliphatic carbocycles. The molecule has 0 radical (unpaired) electrons. The lowest BCUT2D eigenvalue weighted by Crippen LogP contribution is -2.36. The molecule has 3 rings (SSSR count). The van der Waals surface area contributed by atoms with Crippen LogP contribution in [0.4, 0.5) is 0 Å². The predicted molar refractivity (Wildman–Crippen MR) is 89.2 cm³/mol. The third-order valence-corrected chi connectivity index (χ3v) is 4.36. The lowest BCUT2D eigenvalue weighted by molar-refractivity contribution is 0.0929. The molecule has 1 atom stereocenters. The summed E-state index contributed by atoms with van der Waals surface area (Å²) < 4.78 is 0. The van der Waals surface area contributed by atoms with Gasteiger partial charge in [-0.2, -0.15) is 0 Å². The van der Waals surface area contributed by atoms with Crippen molar-refractivity contribution < 1.29 is 4.79 Å². The molecule has 1 aliphatic heterocycles. The van der Waals surface area contributed by atoms with E-state index in [1.807, 2.05) is 6.07 Å². The lowest BCUT2D eigenvalue weighted by atomic mass is 9.99. The van der Waals surface area contributed by atoms with Crippen molar-refractivity contribution in [3.05, 3.63) is 70.7 Å². The highest BCUT2D eigenvalue weighted by atomic mass is 35.5. The Morgan fingerprint density at radius 3 is 2.59 bits per heavy atom. The molecule has 1 unspecified atom stereocenters.